The second-order valence-electron chi connectivity index (χ2n) is 6.59. The van der Waals surface area contributed by atoms with Gasteiger partial charge in [-0.15, -0.1) is 0 Å². The van der Waals surface area contributed by atoms with Crippen LogP contribution in [0.5, 0.6) is 0 Å². The first kappa shape index (κ1) is 18.9. The summed E-state index contributed by atoms with van der Waals surface area (Å²) in [4.78, 5) is 31.0. The van der Waals surface area contributed by atoms with Gasteiger partial charge in [0.1, 0.15) is 0 Å². The predicted octanol–water partition coefficient (Wildman–Crippen LogP) is 4.48. The van der Waals surface area contributed by atoms with Crippen molar-refractivity contribution in [2.24, 2.45) is 5.73 Å². The number of rotatable bonds is 5. The molecule has 0 aliphatic rings. The van der Waals surface area contributed by atoms with Crippen LogP contribution in [0.3, 0.4) is 0 Å². The van der Waals surface area contributed by atoms with Crippen LogP contribution in [-0.4, -0.2) is 20.8 Å². The second-order valence-corrected chi connectivity index (χ2v) is 6.59. The summed E-state index contributed by atoms with van der Waals surface area (Å²) in [5.41, 5.74) is 10.3. The van der Waals surface area contributed by atoms with Crippen molar-refractivity contribution in [2.75, 3.05) is 0 Å². The molecule has 0 bridgehead atoms. The lowest BCUT2D eigenvalue weighted by Gasteiger charge is -2.10. The molecular weight excluding hydrogens is 380 g/mol. The van der Waals surface area contributed by atoms with Gasteiger partial charge in [0, 0.05) is 29.5 Å². The molecule has 0 aliphatic carbocycles. The van der Waals surface area contributed by atoms with E-state index in [0.717, 1.165) is 16.7 Å². The second kappa shape index (κ2) is 7.92. The van der Waals surface area contributed by atoms with Crippen molar-refractivity contribution in [1.29, 1.82) is 0 Å². The molecule has 2 aromatic heterocycles. The Labute approximate surface area is 172 Å². The molecule has 0 atom stereocenters. The number of nitro benzene ring substituents is 1. The zero-order valence-corrected chi connectivity index (χ0v) is 15.7. The number of nitro groups is 1. The number of pyridine rings is 2. The van der Waals surface area contributed by atoms with Gasteiger partial charge in [0.2, 0.25) is 5.91 Å². The first-order chi connectivity index (χ1) is 14.5. The van der Waals surface area contributed by atoms with Gasteiger partial charge < -0.3 is 5.73 Å². The van der Waals surface area contributed by atoms with Gasteiger partial charge in [0.25, 0.3) is 5.69 Å². The predicted molar refractivity (Wildman–Crippen MR) is 114 cm³/mol. The molecular formula is C23H16N4O3. The molecule has 7 heteroatoms. The molecule has 0 unspecified atom stereocenters. The monoisotopic (exact) mass is 396 g/mol. The molecule has 0 fully saturated rings. The molecule has 4 rings (SSSR count). The van der Waals surface area contributed by atoms with Gasteiger partial charge in [0.05, 0.1) is 22.0 Å². The number of hydrogen-bond acceptors (Lipinski definition) is 5. The number of amides is 1. The molecule has 0 saturated carbocycles. The summed E-state index contributed by atoms with van der Waals surface area (Å²) >= 11 is 0. The summed E-state index contributed by atoms with van der Waals surface area (Å²) in [5.74, 6) is -0.489. The Hall–Kier alpha value is -4.39. The van der Waals surface area contributed by atoms with Crippen LogP contribution in [0, 0.1) is 10.1 Å². The molecule has 0 radical (unpaired) electrons. The molecule has 2 heterocycles. The minimum Gasteiger partial charge on any atom is -0.366 e. The van der Waals surface area contributed by atoms with Crippen molar-refractivity contribution in [3.05, 3.63) is 101 Å². The molecule has 1 amide bonds. The average Bonchev–Trinajstić information content (AvgIpc) is 2.79. The Morgan fingerprint density at radius 2 is 1.47 bits per heavy atom. The standard InChI is InChI=1S/C23H16N4O3/c24-23(28)17-6-4-15(5-7-17)18-13-21(16-8-10-19(11-9-16)27(29)30)26-22(14-18)20-3-1-2-12-25-20/h1-14H,(H2,24,28). The smallest absolute Gasteiger partial charge is 0.269 e. The number of aromatic nitrogens is 2. The van der Waals surface area contributed by atoms with E-state index in [2.05, 4.69) is 4.98 Å². The summed E-state index contributed by atoms with van der Waals surface area (Å²) in [6.07, 6.45) is 1.69. The topological polar surface area (TPSA) is 112 Å². The molecule has 2 N–H and O–H groups in total. The number of benzene rings is 2. The number of carbonyl (C=O) groups is 1. The van der Waals surface area contributed by atoms with E-state index in [1.54, 1.807) is 30.5 Å². The van der Waals surface area contributed by atoms with E-state index in [4.69, 9.17) is 10.7 Å². The zero-order valence-electron chi connectivity index (χ0n) is 15.7. The normalized spacial score (nSPS) is 10.5. The van der Waals surface area contributed by atoms with Crippen LogP contribution in [0.1, 0.15) is 10.4 Å². The molecule has 0 aliphatic heterocycles. The van der Waals surface area contributed by atoms with Crippen LogP contribution in [0.2, 0.25) is 0 Å². The molecule has 4 aromatic rings. The summed E-state index contributed by atoms with van der Waals surface area (Å²) < 4.78 is 0. The van der Waals surface area contributed by atoms with Crippen molar-refractivity contribution in [3.63, 3.8) is 0 Å². The number of primary amides is 1. The average molecular weight is 396 g/mol. The van der Waals surface area contributed by atoms with Crippen LogP contribution in [-0.2, 0) is 0 Å². The SMILES string of the molecule is NC(=O)c1ccc(-c2cc(-c3ccc([N+](=O)[O-])cc3)nc(-c3ccccn3)c2)cc1. The highest BCUT2D eigenvalue weighted by atomic mass is 16.6. The highest BCUT2D eigenvalue weighted by Crippen LogP contribution is 2.30. The summed E-state index contributed by atoms with van der Waals surface area (Å²) in [7, 11) is 0. The maximum Gasteiger partial charge on any atom is 0.269 e. The van der Waals surface area contributed by atoms with Gasteiger partial charge in [-0.3, -0.25) is 19.9 Å². The first-order valence-corrected chi connectivity index (χ1v) is 9.10. The van der Waals surface area contributed by atoms with Crippen molar-refractivity contribution in [1.82, 2.24) is 9.97 Å². The third-order valence-corrected chi connectivity index (χ3v) is 4.63. The molecule has 0 saturated heterocycles. The van der Waals surface area contributed by atoms with Crippen molar-refractivity contribution in [3.8, 4) is 33.8 Å². The lowest BCUT2D eigenvalue weighted by Crippen LogP contribution is -2.10. The van der Waals surface area contributed by atoms with Gasteiger partial charge in [-0.2, -0.15) is 0 Å². The minimum atomic E-state index is -0.489. The van der Waals surface area contributed by atoms with Gasteiger partial charge in [-0.25, -0.2) is 4.98 Å². The van der Waals surface area contributed by atoms with E-state index in [1.165, 1.54) is 12.1 Å². The van der Waals surface area contributed by atoms with E-state index in [0.29, 0.717) is 22.6 Å². The van der Waals surface area contributed by atoms with Crippen molar-refractivity contribution >= 4 is 11.6 Å². The fraction of sp³-hybridized carbons (Fsp3) is 0. The number of nitrogens with two attached hydrogens (primary N) is 1. The molecule has 146 valence electrons. The highest BCUT2D eigenvalue weighted by Gasteiger charge is 2.12. The third kappa shape index (κ3) is 3.90. The van der Waals surface area contributed by atoms with E-state index >= 15 is 0 Å². The lowest BCUT2D eigenvalue weighted by atomic mass is 10.00. The van der Waals surface area contributed by atoms with Crippen LogP contribution in [0.25, 0.3) is 33.8 Å². The van der Waals surface area contributed by atoms with Gasteiger partial charge in [-0.05, 0) is 59.7 Å². The van der Waals surface area contributed by atoms with Crippen LogP contribution in [0.15, 0.2) is 85.1 Å². The Bertz CT molecular complexity index is 1150. The van der Waals surface area contributed by atoms with E-state index in [-0.39, 0.29) is 5.69 Å². The van der Waals surface area contributed by atoms with Crippen LogP contribution in [0.4, 0.5) is 5.69 Å². The zero-order chi connectivity index (χ0) is 21.1. The Morgan fingerprint density at radius 1 is 0.800 bits per heavy atom. The number of non-ortho nitro benzene ring substituents is 1. The van der Waals surface area contributed by atoms with Crippen molar-refractivity contribution < 1.29 is 9.72 Å². The van der Waals surface area contributed by atoms with E-state index < -0.39 is 10.8 Å². The van der Waals surface area contributed by atoms with E-state index in [1.807, 2.05) is 42.5 Å². The van der Waals surface area contributed by atoms with Gasteiger partial charge in [-0.1, -0.05) is 18.2 Å². The number of carbonyl (C=O) groups excluding carboxylic acids is 1. The van der Waals surface area contributed by atoms with Crippen LogP contribution >= 0.6 is 0 Å². The Morgan fingerprint density at radius 3 is 2.07 bits per heavy atom. The van der Waals surface area contributed by atoms with Gasteiger partial charge >= 0.3 is 0 Å². The Kier molecular flexibility index (Phi) is 5.00. The molecule has 30 heavy (non-hydrogen) atoms. The third-order valence-electron chi connectivity index (χ3n) is 4.63. The fourth-order valence-electron chi connectivity index (χ4n) is 3.07. The number of nitrogens with zero attached hydrogens (tertiary/aromatic N) is 3. The summed E-state index contributed by atoms with van der Waals surface area (Å²) in [5, 5.41) is 11.0. The highest BCUT2D eigenvalue weighted by molar-refractivity contribution is 5.93. The van der Waals surface area contributed by atoms with E-state index in [9.17, 15) is 14.9 Å². The maximum atomic E-state index is 11.4. The van der Waals surface area contributed by atoms with Gasteiger partial charge in [0.15, 0.2) is 0 Å². The largest absolute Gasteiger partial charge is 0.366 e. The molecule has 0 spiro atoms. The summed E-state index contributed by atoms with van der Waals surface area (Å²) in [6, 6.07) is 22.6. The minimum absolute atomic E-state index is 0.0156. The summed E-state index contributed by atoms with van der Waals surface area (Å²) in [6.45, 7) is 0. The lowest BCUT2D eigenvalue weighted by molar-refractivity contribution is -0.384. The fourth-order valence-corrected chi connectivity index (χ4v) is 3.07. The first-order valence-electron chi connectivity index (χ1n) is 9.10. The molecule has 7 nitrogen and oxygen atoms in total. The van der Waals surface area contributed by atoms with Crippen molar-refractivity contribution in [2.45, 2.75) is 0 Å². The Balaban J connectivity index is 1.84. The number of hydrogen-bond donors (Lipinski definition) is 1. The van der Waals surface area contributed by atoms with Crippen LogP contribution < -0.4 is 5.73 Å². The molecule has 2 aromatic carbocycles. The maximum absolute atomic E-state index is 11.4. The quantitative estimate of drug-likeness (QED) is 0.395.